The number of aliphatic hydroxyl groups is 1. The summed E-state index contributed by atoms with van der Waals surface area (Å²) in [5.74, 6) is -2.31. The summed E-state index contributed by atoms with van der Waals surface area (Å²) >= 11 is 0. The van der Waals surface area contributed by atoms with E-state index in [1.807, 2.05) is 30.3 Å². The number of carbonyl (C=O) groups is 2. The summed E-state index contributed by atoms with van der Waals surface area (Å²) in [6, 6.07) is 14.9. The van der Waals surface area contributed by atoms with Gasteiger partial charge in [-0.25, -0.2) is 4.39 Å². The van der Waals surface area contributed by atoms with Crippen LogP contribution in [0.4, 0.5) is 10.1 Å². The molecule has 0 radical (unpaired) electrons. The first kappa shape index (κ1) is 18.6. The molecular formula is C19H21FN2O3. The molecule has 5 nitrogen and oxygen atoms in total. The molecular weight excluding hydrogens is 323 g/mol. The monoisotopic (exact) mass is 344 g/mol. The molecule has 0 spiro atoms. The number of hydrogen-bond acceptors (Lipinski definition) is 3. The van der Waals surface area contributed by atoms with Crippen LogP contribution in [0, 0.1) is 5.82 Å². The second-order valence-corrected chi connectivity index (χ2v) is 6.13. The van der Waals surface area contributed by atoms with Crippen molar-refractivity contribution in [1.82, 2.24) is 5.32 Å². The molecule has 0 aliphatic rings. The molecule has 0 saturated heterocycles. The van der Waals surface area contributed by atoms with Crippen molar-refractivity contribution in [3.05, 3.63) is 66.0 Å². The van der Waals surface area contributed by atoms with Gasteiger partial charge in [-0.15, -0.1) is 0 Å². The average Bonchev–Trinajstić information content (AvgIpc) is 2.59. The number of halogens is 1. The van der Waals surface area contributed by atoms with Crippen LogP contribution >= 0.6 is 0 Å². The third-order valence-electron chi connectivity index (χ3n) is 3.71. The van der Waals surface area contributed by atoms with Crippen LogP contribution in [0.25, 0.3) is 0 Å². The minimum atomic E-state index is -1.15. The second-order valence-electron chi connectivity index (χ2n) is 6.13. The molecule has 0 fully saturated rings. The van der Waals surface area contributed by atoms with Crippen LogP contribution in [0.1, 0.15) is 18.9 Å². The lowest BCUT2D eigenvalue weighted by Gasteiger charge is -2.23. The predicted octanol–water partition coefficient (Wildman–Crippen LogP) is 2.26. The number of benzene rings is 2. The molecule has 6 heteroatoms. The summed E-state index contributed by atoms with van der Waals surface area (Å²) in [5, 5.41) is 15.0. The zero-order valence-electron chi connectivity index (χ0n) is 14.0. The quantitative estimate of drug-likeness (QED) is 0.704. The predicted molar refractivity (Wildman–Crippen MR) is 93.4 cm³/mol. The highest BCUT2D eigenvalue weighted by molar-refractivity contribution is 6.39. The van der Waals surface area contributed by atoms with Crippen LogP contribution in [0.5, 0.6) is 0 Å². The van der Waals surface area contributed by atoms with Gasteiger partial charge < -0.3 is 15.7 Å². The molecule has 0 aliphatic carbocycles. The third kappa shape index (κ3) is 6.35. The fraction of sp³-hybridized carbons (Fsp3) is 0.263. The Bertz CT molecular complexity index is 732. The van der Waals surface area contributed by atoms with E-state index in [2.05, 4.69) is 10.6 Å². The normalized spacial score (nSPS) is 12.9. The zero-order valence-corrected chi connectivity index (χ0v) is 14.0. The molecule has 3 N–H and O–H groups in total. The Hall–Kier alpha value is -2.73. The van der Waals surface area contributed by atoms with Gasteiger partial charge in [-0.05, 0) is 43.5 Å². The van der Waals surface area contributed by atoms with Gasteiger partial charge in [0.15, 0.2) is 0 Å². The molecule has 132 valence electrons. The van der Waals surface area contributed by atoms with Crippen molar-refractivity contribution in [2.45, 2.75) is 25.4 Å². The fourth-order valence-electron chi connectivity index (χ4n) is 2.25. The van der Waals surface area contributed by atoms with E-state index in [9.17, 15) is 19.1 Å². The van der Waals surface area contributed by atoms with E-state index >= 15 is 0 Å². The van der Waals surface area contributed by atoms with Crippen molar-refractivity contribution in [2.24, 2.45) is 0 Å². The minimum absolute atomic E-state index is 0.0603. The number of nitrogens with one attached hydrogen (secondary N) is 2. The smallest absolute Gasteiger partial charge is 0.313 e. The topological polar surface area (TPSA) is 78.4 Å². The lowest BCUT2D eigenvalue weighted by atomic mass is 9.97. The van der Waals surface area contributed by atoms with E-state index in [4.69, 9.17) is 0 Å². The zero-order chi connectivity index (χ0) is 18.3. The standard InChI is InChI=1S/C19H21FN2O3/c1-19(25,11-10-14-6-3-2-4-7-14)13-21-17(23)18(24)22-16-9-5-8-15(20)12-16/h2-9,12,25H,10-11,13H2,1H3,(H,21,23)(H,22,24). The van der Waals surface area contributed by atoms with Gasteiger partial charge in [0.05, 0.1) is 5.60 Å². The van der Waals surface area contributed by atoms with Crippen molar-refractivity contribution in [2.75, 3.05) is 11.9 Å². The lowest BCUT2D eigenvalue weighted by Crippen LogP contribution is -2.44. The number of anilines is 1. The van der Waals surface area contributed by atoms with E-state index in [-0.39, 0.29) is 12.2 Å². The Labute approximate surface area is 145 Å². The molecule has 1 atom stereocenters. The summed E-state index contributed by atoms with van der Waals surface area (Å²) in [6.45, 7) is 1.54. The van der Waals surface area contributed by atoms with Gasteiger partial charge in [0.25, 0.3) is 0 Å². The first-order chi connectivity index (χ1) is 11.9. The van der Waals surface area contributed by atoms with Crippen molar-refractivity contribution in [1.29, 1.82) is 0 Å². The molecule has 0 aliphatic heterocycles. The van der Waals surface area contributed by atoms with E-state index in [1.54, 1.807) is 6.92 Å². The number of carbonyl (C=O) groups excluding carboxylic acids is 2. The SMILES string of the molecule is CC(O)(CCc1ccccc1)CNC(=O)C(=O)Nc1cccc(F)c1. The van der Waals surface area contributed by atoms with Crippen LogP contribution in [-0.2, 0) is 16.0 Å². The maximum atomic E-state index is 13.1. The largest absolute Gasteiger partial charge is 0.388 e. The molecule has 0 heterocycles. The first-order valence-corrected chi connectivity index (χ1v) is 7.97. The molecule has 0 saturated carbocycles. The number of rotatable bonds is 6. The molecule has 25 heavy (non-hydrogen) atoms. The van der Waals surface area contributed by atoms with Crippen LogP contribution in [0.3, 0.4) is 0 Å². The number of hydrogen-bond donors (Lipinski definition) is 3. The highest BCUT2D eigenvalue weighted by Gasteiger charge is 2.23. The summed E-state index contributed by atoms with van der Waals surface area (Å²) in [5.41, 5.74) is 0.124. The van der Waals surface area contributed by atoms with Crippen molar-refractivity contribution < 1.29 is 19.1 Å². The van der Waals surface area contributed by atoms with Gasteiger partial charge in [0.1, 0.15) is 5.82 Å². The number of aryl methyl sites for hydroxylation is 1. The van der Waals surface area contributed by atoms with E-state index in [0.29, 0.717) is 12.8 Å². The summed E-state index contributed by atoms with van der Waals surface area (Å²) < 4.78 is 13.1. The maximum Gasteiger partial charge on any atom is 0.313 e. The Morgan fingerprint density at radius 1 is 1.08 bits per heavy atom. The lowest BCUT2D eigenvalue weighted by molar-refractivity contribution is -0.136. The highest BCUT2D eigenvalue weighted by atomic mass is 19.1. The van der Waals surface area contributed by atoms with Gasteiger partial charge >= 0.3 is 11.8 Å². The molecule has 2 rings (SSSR count). The second kappa shape index (κ2) is 8.39. The Morgan fingerprint density at radius 3 is 2.48 bits per heavy atom. The summed E-state index contributed by atoms with van der Waals surface area (Å²) in [4.78, 5) is 23.6. The van der Waals surface area contributed by atoms with Crippen LogP contribution in [-0.4, -0.2) is 29.1 Å². The minimum Gasteiger partial charge on any atom is -0.388 e. The summed E-state index contributed by atoms with van der Waals surface area (Å²) in [6.07, 6.45) is 1.09. The Balaban J connectivity index is 1.80. The van der Waals surface area contributed by atoms with E-state index < -0.39 is 23.2 Å². The van der Waals surface area contributed by atoms with Crippen LogP contribution < -0.4 is 10.6 Å². The molecule has 1 unspecified atom stereocenters. The number of amides is 2. The van der Waals surface area contributed by atoms with E-state index in [0.717, 1.165) is 11.6 Å². The third-order valence-corrected chi connectivity index (χ3v) is 3.71. The van der Waals surface area contributed by atoms with Gasteiger partial charge in [-0.2, -0.15) is 0 Å². The first-order valence-electron chi connectivity index (χ1n) is 7.97. The molecule has 2 aromatic carbocycles. The van der Waals surface area contributed by atoms with Crippen molar-refractivity contribution >= 4 is 17.5 Å². The average molecular weight is 344 g/mol. The van der Waals surface area contributed by atoms with Crippen LogP contribution in [0.15, 0.2) is 54.6 Å². The summed E-state index contributed by atoms with van der Waals surface area (Å²) in [7, 11) is 0. The molecule has 0 bridgehead atoms. The van der Waals surface area contributed by atoms with Gasteiger partial charge in [-0.1, -0.05) is 36.4 Å². The van der Waals surface area contributed by atoms with E-state index in [1.165, 1.54) is 18.2 Å². The van der Waals surface area contributed by atoms with Gasteiger partial charge in [0, 0.05) is 12.2 Å². The van der Waals surface area contributed by atoms with Gasteiger partial charge in [-0.3, -0.25) is 9.59 Å². The van der Waals surface area contributed by atoms with Gasteiger partial charge in [0.2, 0.25) is 0 Å². The Kier molecular flexibility index (Phi) is 6.25. The molecule has 2 amide bonds. The molecule has 0 aromatic heterocycles. The van der Waals surface area contributed by atoms with Crippen molar-refractivity contribution in [3.63, 3.8) is 0 Å². The molecule has 2 aromatic rings. The Morgan fingerprint density at radius 2 is 1.80 bits per heavy atom. The maximum absolute atomic E-state index is 13.1. The van der Waals surface area contributed by atoms with Crippen molar-refractivity contribution in [3.8, 4) is 0 Å². The van der Waals surface area contributed by atoms with Crippen LogP contribution in [0.2, 0.25) is 0 Å². The fourth-order valence-corrected chi connectivity index (χ4v) is 2.25. The highest BCUT2D eigenvalue weighted by Crippen LogP contribution is 2.13.